The van der Waals surface area contributed by atoms with Crippen LogP contribution >= 0.6 is 11.3 Å². The molecule has 0 atom stereocenters. The zero-order valence-electron chi connectivity index (χ0n) is 11.3. The van der Waals surface area contributed by atoms with E-state index < -0.39 is 11.7 Å². The number of aryl methyl sites for hydroxylation is 2. The van der Waals surface area contributed by atoms with Crippen molar-refractivity contribution >= 4 is 28.6 Å². The number of hydrogen-bond acceptors (Lipinski definition) is 4. The van der Waals surface area contributed by atoms with Crippen LogP contribution in [0.5, 0.6) is 0 Å². The topological polar surface area (TPSA) is 81.1 Å². The van der Waals surface area contributed by atoms with Gasteiger partial charge in [0.1, 0.15) is 5.82 Å². The van der Waals surface area contributed by atoms with Gasteiger partial charge in [-0.05, 0) is 37.6 Å². The molecule has 0 spiro atoms. The summed E-state index contributed by atoms with van der Waals surface area (Å²) in [5.41, 5.74) is 12.3. The van der Waals surface area contributed by atoms with Gasteiger partial charge in [-0.25, -0.2) is 4.39 Å². The molecular weight excluding hydrogens is 277 g/mol. The van der Waals surface area contributed by atoms with Crippen LogP contribution in [0.3, 0.4) is 0 Å². The molecule has 0 unspecified atom stereocenters. The summed E-state index contributed by atoms with van der Waals surface area (Å²) < 4.78 is 13.8. The van der Waals surface area contributed by atoms with Crippen molar-refractivity contribution in [1.29, 1.82) is 0 Å². The molecule has 0 aliphatic rings. The molecule has 2 rings (SSSR count). The van der Waals surface area contributed by atoms with Crippen molar-refractivity contribution in [1.82, 2.24) is 0 Å². The average Bonchev–Trinajstić information content (AvgIpc) is 2.67. The number of nitrogen functional groups attached to an aromatic ring is 1. The lowest BCUT2D eigenvalue weighted by Gasteiger charge is -2.09. The fraction of sp³-hybridized carbons (Fsp3) is 0.214. The summed E-state index contributed by atoms with van der Waals surface area (Å²) >= 11 is 1.65. The molecule has 5 N–H and O–H groups in total. The van der Waals surface area contributed by atoms with Gasteiger partial charge < -0.3 is 16.8 Å². The van der Waals surface area contributed by atoms with Crippen LogP contribution in [-0.2, 0) is 6.54 Å². The molecule has 0 radical (unpaired) electrons. The largest absolute Gasteiger partial charge is 0.398 e. The summed E-state index contributed by atoms with van der Waals surface area (Å²) in [6.07, 6.45) is 0. The number of benzene rings is 1. The van der Waals surface area contributed by atoms with Gasteiger partial charge in [-0.15, -0.1) is 11.3 Å². The summed E-state index contributed by atoms with van der Waals surface area (Å²) in [6, 6.07) is 4.50. The number of hydrogen-bond donors (Lipinski definition) is 3. The maximum Gasteiger partial charge on any atom is 0.250 e. The average molecular weight is 293 g/mol. The molecule has 1 aromatic heterocycles. The molecular formula is C14H16FN3OS. The number of primary amides is 1. The second-order valence-electron chi connectivity index (χ2n) is 4.59. The van der Waals surface area contributed by atoms with Crippen molar-refractivity contribution in [3.8, 4) is 0 Å². The molecule has 4 nitrogen and oxygen atoms in total. The highest BCUT2D eigenvalue weighted by Crippen LogP contribution is 2.25. The third kappa shape index (κ3) is 2.91. The Labute approximate surface area is 120 Å². The minimum atomic E-state index is -0.673. The fourth-order valence-electron chi connectivity index (χ4n) is 1.86. The van der Waals surface area contributed by atoms with E-state index in [-0.39, 0.29) is 16.9 Å². The van der Waals surface area contributed by atoms with Gasteiger partial charge in [0, 0.05) is 22.0 Å². The van der Waals surface area contributed by atoms with Crippen molar-refractivity contribution in [2.45, 2.75) is 20.4 Å². The van der Waals surface area contributed by atoms with Gasteiger partial charge >= 0.3 is 0 Å². The molecule has 0 aliphatic heterocycles. The summed E-state index contributed by atoms with van der Waals surface area (Å²) in [4.78, 5) is 13.5. The van der Waals surface area contributed by atoms with E-state index in [9.17, 15) is 9.18 Å². The van der Waals surface area contributed by atoms with Crippen LogP contribution in [-0.4, -0.2) is 5.91 Å². The second kappa shape index (κ2) is 5.50. The van der Waals surface area contributed by atoms with Gasteiger partial charge in [0.05, 0.1) is 11.3 Å². The quantitative estimate of drug-likeness (QED) is 0.758. The Bertz CT molecular complexity index is 647. The summed E-state index contributed by atoms with van der Waals surface area (Å²) in [7, 11) is 0. The lowest BCUT2D eigenvalue weighted by Crippen LogP contribution is -2.14. The lowest BCUT2D eigenvalue weighted by atomic mass is 10.1. The Morgan fingerprint density at radius 2 is 2.05 bits per heavy atom. The van der Waals surface area contributed by atoms with E-state index >= 15 is 0 Å². The van der Waals surface area contributed by atoms with Crippen LogP contribution in [0.2, 0.25) is 0 Å². The van der Waals surface area contributed by atoms with Crippen LogP contribution in [0.1, 0.15) is 25.7 Å². The molecule has 0 fully saturated rings. The van der Waals surface area contributed by atoms with Gasteiger partial charge in [0.15, 0.2) is 0 Å². The summed E-state index contributed by atoms with van der Waals surface area (Å²) in [5.74, 6) is -1.18. The molecule has 20 heavy (non-hydrogen) atoms. The van der Waals surface area contributed by atoms with Crippen molar-refractivity contribution in [3.05, 3.63) is 44.9 Å². The maximum atomic E-state index is 13.8. The van der Waals surface area contributed by atoms with Crippen LogP contribution < -0.4 is 16.8 Å². The molecule has 0 saturated heterocycles. The van der Waals surface area contributed by atoms with E-state index in [1.807, 2.05) is 13.8 Å². The first kappa shape index (κ1) is 14.3. The van der Waals surface area contributed by atoms with E-state index in [2.05, 4.69) is 11.4 Å². The molecule has 106 valence electrons. The monoisotopic (exact) mass is 293 g/mol. The first-order chi connectivity index (χ1) is 9.38. The van der Waals surface area contributed by atoms with Crippen molar-refractivity contribution in [3.63, 3.8) is 0 Å². The smallest absolute Gasteiger partial charge is 0.250 e. The van der Waals surface area contributed by atoms with E-state index in [0.717, 1.165) is 10.9 Å². The van der Waals surface area contributed by atoms with Crippen LogP contribution in [0.25, 0.3) is 0 Å². The maximum absolute atomic E-state index is 13.8. The van der Waals surface area contributed by atoms with Gasteiger partial charge in [-0.2, -0.15) is 0 Å². The number of thiophene rings is 1. The van der Waals surface area contributed by atoms with Crippen molar-refractivity contribution in [2.75, 3.05) is 11.1 Å². The van der Waals surface area contributed by atoms with Crippen LogP contribution in [0.15, 0.2) is 18.2 Å². The number of anilines is 2. The number of carbonyl (C=O) groups is 1. The summed E-state index contributed by atoms with van der Waals surface area (Å²) in [6.45, 7) is 4.56. The molecule has 1 heterocycles. The Kier molecular flexibility index (Phi) is 3.94. The number of carbonyl (C=O) groups excluding carboxylic acids is 1. The molecule has 6 heteroatoms. The second-order valence-corrected chi connectivity index (χ2v) is 5.93. The SMILES string of the molecule is Cc1cc(CNc2cc(C(N)=O)c(N)cc2F)sc1C. The normalized spacial score (nSPS) is 10.6. The third-order valence-electron chi connectivity index (χ3n) is 3.07. The summed E-state index contributed by atoms with van der Waals surface area (Å²) in [5, 5.41) is 2.96. The highest BCUT2D eigenvalue weighted by Gasteiger charge is 2.12. The Morgan fingerprint density at radius 3 is 2.60 bits per heavy atom. The van der Waals surface area contributed by atoms with Crippen molar-refractivity contribution < 1.29 is 9.18 Å². The zero-order valence-corrected chi connectivity index (χ0v) is 12.1. The number of halogens is 1. The van der Waals surface area contributed by atoms with Gasteiger partial charge in [0.25, 0.3) is 5.91 Å². The highest BCUT2D eigenvalue weighted by atomic mass is 32.1. The molecule has 0 bridgehead atoms. The van der Waals surface area contributed by atoms with Crippen molar-refractivity contribution in [2.24, 2.45) is 5.73 Å². The Morgan fingerprint density at radius 1 is 1.35 bits per heavy atom. The first-order valence-electron chi connectivity index (χ1n) is 6.07. The predicted octanol–water partition coefficient (Wildman–Crippen LogP) is 2.80. The molecule has 1 aromatic carbocycles. The third-order valence-corrected chi connectivity index (χ3v) is 4.23. The van der Waals surface area contributed by atoms with Crippen LogP contribution in [0.4, 0.5) is 15.8 Å². The Balaban J connectivity index is 2.21. The van der Waals surface area contributed by atoms with E-state index in [1.165, 1.54) is 16.5 Å². The number of rotatable bonds is 4. The number of nitrogens with two attached hydrogens (primary N) is 2. The number of nitrogens with one attached hydrogen (secondary N) is 1. The first-order valence-corrected chi connectivity index (χ1v) is 6.88. The minimum Gasteiger partial charge on any atom is -0.398 e. The van der Waals surface area contributed by atoms with E-state index in [4.69, 9.17) is 11.5 Å². The number of amides is 1. The molecule has 1 amide bonds. The standard InChI is InChI=1S/C14H16FN3OS/c1-7-3-9(20-8(7)2)6-18-13-4-10(14(17)19)12(16)5-11(13)15/h3-5,18H,6,16H2,1-2H3,(H2,17,19). The van der Waals surface area contributed by atoms with E-state index in [1.54, 1.807) is 11.3 Å². The van der Waals surface area contributed by atoms with E-state index in [0.29, 0.717) is 6.54 Å². The predicted molar refractivity (Wildman–Crippen MR) is 80.5 cm³/mol. The fourth-order valence-corrected chi connectivity index (χ4v) is 2.85. The molecule has 0 aliphatic carbocycles. The molecule has 2 aromatic rings. The van der Waals surface area contributed by atoms with Gasteiger partial charge in [-0.1, -0.05) is 0 Å². The van der Waals surface area contributed by atoms with Crippen LogP contribution in [0, 0.1) is 19.7 Å². The minimum absolute atomic E-state index is 0.0448. The molecule has 0 saturated carbocycles. The zero-order chi connectivity index (χ0) is 14.9. The highest BCUT2D eigenvalue weighted by molar-refractivity contribution is 7.12. The Hall–Kier alpha value is -2.08. The van der Waals surface area contributed by atoms with Gasteiger partial charge in [-0.3, -0.25) is 4.79 Å². The van der Waals surface area contributed by atoms with Gasteiger partial charge in [0.2, 0.25) is 0 Å². The lowest BCUT2D eigenvalue weighted by molar-refractivity contribution is 0.100.